The normalized spacial score (nSPS) is 33.4. The van der Waals surface area contributed by atoms with Gasteiger partial charge >= 0.3 is 0 Å². The van der Waals surface area contributed by atoms with Gasteiger partial charge in [0.15, 0.2) is 0 Å². The molecule has 0 amide bonds. The van der Waals surface area contributed by atoms with E-state index in [1.807, 2.05) is 0 Å². The molecule has 3 aliphatic heterocycles. The maximum absolute atomic E-state index is 6.19. The van der Waals surface area contributed by atoms with Gasteiger partial charge in [0.25, 0.3) is 0 Å². The Morgan fingerprint density at radius 1 is 0.857 bits per heavy atom. The van der Waals surface area contributed by atoms with E-state index in [1.54, 1.807) is 0 Å². The molecule has 0 aromatic rings. The lowest BCUT2D eigenvalue weighted by atomic mass is 9.82. The molecule has 0 aromatic carbocycles. The Labute approximate surface area is 175 Å². The van der Waals surface area contributed by atoms with Crippen molar-refractivity contribution in [3.05, 3.63) is 0 Å². The van der Waals surface area contributed by atoms with Crippen molar-refractivity contribution in [1.82, 2.24) is 14.7 Å². The number of ether oxygens (including phenoxy) is 1. The van der Waals surface area contributed by atoms with Gasteiger partial charge in [0.2, 0.25) is 0 Å². The van der Waals surface area contributed by atoms with Crippen molar-refractivity contribution < 1.29 is 4.74 Å². The SMILES string of the molecule is CCC1C(CC(C)N2CCOC(CC(C)N3CCCC3)C2)CCCN1C(C)C. The molecule has 164 valence electrons. The molecule has 5 atom stereocenters. The van der Waals surface area contributed by atoms with Crippen molar-refractivity contribution in [2.45, 2.75) is 110 Å². The first-order valence-electron chi connectivity index (χ1n) is 12.3. The number of morpholine rings is 1. The van der Waals surface area contributed by atoms with E-state index < -0.39 is 0 Å². The Bertz CT molecular complexity index is 451. The second-order valence-corrected chi connectivity index (χ2v) is 10.1. The minimum Gasteiger partial charge on any atom is -0.375 e. The minimum atomic E-state index is 0.423. The van der Waals surface area contributed by atoms with E-state index in [0.29, 0.717) is 24.2 Å². The summed E-state index contributed by atoms with van der Waals surface area (Å²) < 4.78 is 6.19. The summed E-state index contributed by atoms with van der Waals surface area (Å²) in [7, 11) is 0. The van der Waals surface area contributed by atoms with Gasteiger partial charge in [-0.3, -0.25) is 9.80 Å². The molecule has 3 fully saturated rings. The van der Waals surface area contributed by atoms with Gasteiger partial charge in [-0.05, 0) is 98.2 Å². The number of rotatable bonds is 8. The molecule has 0 radical (unpaired) electrons. The summed E-state index contributed by atoms with van der Waals surface area (Å²) in [5, 5.41) is 0. The number of hydrogen-bond acceptors (Lipinski definition) is 4. The smallest absolute Gasteiger partial charge is 0.0717 e. The zero-order valence-corrected chi connectivity index (χ0v) is 19.4. The van der Waals surface area contributed by atoms with Crippen LogP contribution in [-0.4, -0.2) is 84.3 Å². The molecule has 3 heterocycles. The van der Waals surface area contributed by atoms with Gasteiger partial charge < -0.3 is 9.64 Å². The van der Waals surface area contributed by atoms with Crippen LogP contribution in [0.1, 0.15) is 79.6 Å². The maximum Gasteiger partial charge on any atom is 0.0717 e. The average Bonchev–Trinajstić information content (AvgIpc) is 3.23. The van der Waals surface area contributed by atoms with Crippen LogP contribution in [0.5, 0.6) is 0 Å². The Hall–Kier alpha value is -0.160. The number of nitrogens with zero attached hydrogens (tertiary/aromatic N) is 3. The van der Waals surface area contributed by atoms with Crippen molar-refractivity contribution in [1.29, 1.82) is 0 Å². The maximum atomic E-state index is 6.19. The third kappa shape index (κ3) is 5.71. The fraction of sp³-hybridized carbons (Fsp3) is 1.00. The number of hydrogen-bond donors (Lipinski definition) is 0. The summed E-state index contributed by atoms with van der Waals surface area (Å²) >= 11 is 0. The Kier molecular flexibility index (Phi) is 8.64. The van der Waals surface area contributed by atoms with Crippen molar-refractivity contribution in [3.8, 4) is 0 Å². The van der Waals surface area contributed by atoms with Gasteiger partial charge in [-0.1, -0.05) is 6.92 Å². The summed E-state index contributed by atoms with van der Waals surface area (Å²) in [4.78, 5) is 8.19. The van der Waals surface area contributed by atoms with E-state index in [4.69, 9.17) is 4.74 Å². The summed E-state index contributed by atoms with van der Waals surface area (Å²) in [6.07, 6.45) is 9.85. The monoisotopic (exact) mass is 393 g/mol. The minimum absolute atomic E-state index is 0.423. The van der Waals surface area contributed by atoms with Crippen LogP contribution in [0, 0.1) is 5.92 Å². The van der Waals surface area contributed by atoms with Gasteiger partial charge in [0.1, 0.15) is 0 Å². The third-order valence-corrected chi connectivity index (χ3v) is 7.85. The molecule has 4 nitrogen and oxygen atoms in total. The zero-order chi connectivity index (χ0) is 20.1. The van der Waals surface area contributed by atoms with Crippen molar-refractivity contribution >= 4 is 0 Å². The Morgan fingerprint density at radius 2 is 1.57 bits per heavy atom. The Balaban J connectivity index is 1.51. The van der Waals surface area contributed by atoms with Crippen LogP contribution in [0.15, 0.2) is 0 Å². The van der Waals surface area contributed by atoms with Crippen LogP contribution in [0.25, 0.3) is 0 Å². The van der Waals surface area contributed by atoms with Crippen LogP contribution in [-0.2, 0) is 4.74 Å². The van der Waals surface area contributed by atoms with Gasteiger partial charge in [-0.2, -0.15) is 0 Å². The van der Waals surface area contributed by atoms with Crippen LogP contribution >= 0.6 is 0 Å². The molecular formula is C24H47N3O. The fourth-order valence-electron chi connectivity index (χ4n) is 6.23. The first-order valence-corrected chi connectivity index (χ1v) is 12.3. The summed E-state index contributed by atoms with van der Waals surface area (Å²) in [6.45, 7) is 19.1. The van der Waals surface area contributed by atoms with Crippen LogP contribution < -0.4 is 0 Å². The molecule has 4 heteroatoms. The highest BCUT2D eigenvalue weighted by Crippen LogP contribution is 2.32. The molecule has 0 saturated carbocycles. The number of piperidine rings is 1. The first kappa shape index (κ1) is 22.5. The van der Waals surface area contributed by atoms with E-state index in [2.05, 4.69) is 49.3 Å². The van der Waals surface area contributed by atoms with Crippen LogP contribution in [0.2, 0.25) is 0 Å². The molecular weight excluding hydrogens is 346 g/mol. The largest absolute Gasteiger partial charge is 0.375 e. The van der Waals surface area contributed by atoms with E-state index in [-0.39, 0.29) is 0 Å². The Morgan fingerprint density at radius 3 is 2.25 bits per heavy atom. The summed E-state index contributed by atoms with van der Waals surface area (Å²) in [5.41, 5.74) is 0. The molecule has 0 N–H and O–H groups in total. The van der Waals surface area contributed by atoms with E-state index >= 15 is 0 Å². The third-order valence-electron chi connectivity index (χ3n) is 7.85. The van der Waals surface area contributed by atoms with E-state index in [0.717, 1.165) is 31.7 Å². The molecule has 0 bridgehead atoms. The van der Waals surface area contributed by atoms with Gasteiger partial charge in [-0.15, -0.1) is 0 Å². The second-order valence-electron chi connectivity index (χ2n) is 10.1. The lowest BCUT2D eigenvalue weighted by molar-refractivity contribution is -0.0583. The summed E-state index contributed by atoms with van der Waals surface area (Å²) in [5.74, 6) is 0.862. The van der Waals surface area contributed by atoms with Gasteiger partial charge in [-0.25, -0.2) is 0 Å². The van der Waals surface area contributed by atoms with Gasteiger partial charge in [0.05, 0.1) is 12.7 Å². The molecule has 0 spiro atoms. The second kappa shape index (κ2) is 10.7. The zero-order valence-electron chi connectivity index (χ0n) is 19.4. The molecule has 28 heavy (non-hydrogen) atoms. The van der Waals surface area contributed by atoms with E-state index in [9.17, 15) is 0 Å². The molecule has 3 saturated heterocycles. The molecule has 5 unspecified atom stereocenters. The van der Waals surface area contributed by atoms with Crippen LogP contribution in [0.4, 0.5) is 0 Å². The van der Waals surface area contributed by atoms with Crippen molar-refractivity contribution in [2.24, 2.45) is 5.92 Å². The predicted octanol–water partition coefficient (Wildman–Crippen LogP) is 4.24. The lowest BCUT2D eigenvalue weighted by Crippen LogP contribution is -2.52. The topological polar surface area (TPSA) is 19.0 Å². The molecule has 0 aromatic heterocycles. The lowest BCUT2D eigenvalue weighted by Gasteiger charge is -2.46. The van der Waals surface area contributed by atoms with Crippen molar-refractivity contribution in [2.75, 3.05) is 39.3 Å². The van der Waals surface area contributed by atoms with Gasteiger partial charge in [0, 0.05) is 37.3 Å². The molecule has 3 rings (SSSR count). The number of likely N-dealkylation sites (tertiary alicyclic amines) is 2. The predicted molar refractivity (Wildman–Crippen MR) is 119 cm³/mol. The highest BCUT2D eigenvalue weighted by Gasteiger charge is 2.34. The molecule has 0 aliphatic carbocycles. The summed E-state index contributed by atoms with van der Waals surface area (Å²) in [6, 6.07) is 2.82. The standard InChI is InChI=1S/C24H47N3O/c1-6-24-22(10-9-13-27(24)19(2)3)16-20(4)26-14-15-28-23(18-26)17-21(5)25-11-7-8-12-25/h19-24H,6-18H2,1-5H3. The van der Waals surface area contributed by atoms with E-state index in [1.165, 1.54) is 64.6 Å². The van der Waals surface area contributed by atoms with Crippen LogP contribution in [0.3, 0.4) is 0 Å². The first-order chi connectivity index (χ1) is 13.5. The average molecular weight is 394 g/mol. The highest BCUT2D eigenvalue weighted by molar-refractivity contribution is 4.89. The quantitative estimate of drug-likeness (QED) is 0.614. The molecule has 3 aliphatic rings. The fourth-order valence-corrected chi connectivity index (χ4v) is 6.23. The van der Waals surface area contributed by atoms with Crippen molar-refractivity contribution in [3.63, 3.8) is 0 Å². The highest BCUT2D eigenvalue weighted by atomic mass is 16.5.